The van der Waals surface area contributed by atoms with Gasteiger partial charge in [-0.15, -0.1) is 0 Å². The number of amides is 1. The number of hydrogen-bond donors (Lipinski definition) is 2. The van der Waals surface area contributed by atoms with E-state index in [0.717, 1.165) is 5.56 Å². The molecule has 2 N–H and O–H groups in total. The Hall–Kier alpha value is -4.42. The number of rotatable bonds is 3. The van der Waals surface area contributed by atoms with E-state index in [2.05, 4.69) is 30.2 Å². The first kappa shape index (κ1) is 23.0. The highest BCUT2D eigenvalue weighted by molar-refractivity contribution is 5.87. The number of nitrogens with one attached hydrogen (secondary N) is 2. The molecule has 1 saturated heterocycles. The van der Waals surface area contributed by atoms with Gasteiger partial charge in [0.05, 0.1) is 11.0 Å². The predicted octanol–water partition coefficient (Wildman–Crippen LogP) is 4.93. The van der Waals surface area contributed by atoms with E-state index in [1.807, 2.05) is 17.0 Å². The highest BCUT2D eigenvalue weighted by Crippen LogP contribution is 2.43. The molecular formula is C24H20F3N7O3. The zero-order valence-corrected chi connectivity index (χ0v) is 19.5. The fourth-order valence-corrected chi connectivity index (χ4v) is 4.83. The summed E-state index contributed by atoms with van der Waals surface area (Å²) in [5.74, 6) is 0.618. The molecular weight excluding hydrogens is 491 g/mol. The van der Waals surface area contributed by atoms with Gasteiger partial charge in [-0.25, -0.2) is 24.7 Å². The van der Waals surface area contributed by atoms with E-state index in [4.69, 9.17) is 9.47 Å². The predicted molar refractivity (Wildman–Crippen MR) is 125 cm³/mol. The molecule has 4 aromatic rings. The second-order valence-corrected chi connectivity index (χ2v) is 8.93. The van der Waals surface area contributed by atoms with Crippen molar-refractivity contribution in [3.05, 3.63) is 59.8 Å². The molecule has 1 spiro atoms. The van der Waals surface area contributed by atoms with Crippen molar-refractivity contribution < 1.29 is 27.4 Å². The summed E-state index contributed by atoms with van der Waals surface area (Å²) in [4.78, 5) is 32.9. The molecule has 0 atom stereocenters. The summed E-state index contributed by atoms with van der Waals surface area (Å²) in [6.45, 7) is 2.77. The normalized spacial score (nSPS) is 16.9. The SMILES string of the molecule is Cc1cc(Oc2cc(N3CCC4(CC3)OC(=O)Nc3ncccc34)ncn2)cc2[nH]c(C(F)(F)F)nc12. The van der Waals surface area contributed by atoms with Crippen LogP contribution < -0.4 is 15.0 Å². The summed E-state index contributed by atoms with van der Waals surface area (Å²) < 4.78 is 50.8. The van der Waals surface area contributed by atoms with Crippen LogP contribution in [0.1, 0.15) is 29.8 Å². The molecule has 190 valence electrons. The van der Waals surface area contributed by atoms with E-state index in [9.17, 15) is 18.0 Å². The molecule has 1 fully saturated rings. The molecule has 37 heavy (non-hydrogen) atoms. The molecule has 2 aliphatic rings. The number of carbonyl (C=O) groups is 1. The van der Waals surface area contributed by atoms with Gasteiger partial charge in [-0.2, -0.15) is 13.2 Å². The first-order chi connectivity index (χ1) is 17.7. The number of aromatic nitrogens is 5. The third-order valence-corrected chi connectivity index (χ3v) is 6.57. The number of anilines is 2. The molecule has 10 nitrogen and oxygen atoms in total. The molecule has 0 unspecified atom stereocenters. The quantitative estimate of drug-likeness (QED) is 0.398. The number of H-pyrrole nitrogens is 1. The van der Waals surface area contributed by atoms with Crippen molar-refractivity contribution in [1.29, 1.82) is 0 Å². The lowest BCUT2D eigenvalue weighted by Crippen LogP contribution is -2.48. The molecule has 13 heteroatoms. The van der Waals surface area contributed by atoms with Gasteiger partial charge in [0, 0.05) is 49.8 Å². The van der Waals surface area contributed by atoms with Gasteiger partial charge < -0.3 is 19.4 Å². The number of hydrogen-bond acceptors (Lipinski definition) is 8. The molecule has 0 bridgehead atoms. The average Bonchev–Trinajstić information content (AvgIpc) is 3.30. The second-order valence-electron chi connectivity index (χ2n) is 8.93. The molecule has 1 amide bonds. The summed E-state index contributed by atoms with van der Waals surface area (Å²) in [5, 5.41) is 2.64. The maximum absolute atomic E-state index is 13.1. The fraction of sp³-hybridized carbons (Fsp3) is 0.292. The lowest BCUT2D eigenvalue weighted by Gasteiger charge is -2.44. The van der Waals surface area contributed by atoms with Crippen LogP contribution >= 0.6 is 0 Å². The number of pyridine rings is 1. The molecule has 0 radical (unpaired) electrons. The van der Waals surface area contributed by atoms with Gasteiger partial charge in [-0.3, -0.25) is 5.32 Å². The van der Waals surface area contributed by atoms with Gasteiger partial charge in [-0.05, 0) is 30.7 Å². The standard InChI is InChI=1S/C24H20F3N7O3/c1-13-9-14(10-16-19(13)32-21(31-16)24(25,26)27)36-18-11-17(29-12-30-18)34-7-4-23(5-8-34)15-3-2-6-28-20(15)33-22(35)37-23/h2-3,6,9-12H,4-5,7-8H2,1H3,(H,31,32)(H,28,33,35). The maximum Gasteiger partial charge on any atom is 0.449 e. The third kappa shape index (κ3) is 4.15. The lowest BCUT2D eigenvalue weighted by atomic mass is 9.83. The maximum atomic E-state index is 13.1. The molecule has 5 heterocycles. The van der Waals surface area contributed by atoms with Crippen molar-refractivity contribution in [3.8, 4) is 11.6 Å². The Balaban J connectivity index is 1.21. The molecule has 0 saturated carbocycles. The number of benzene rings is 1. The minimum atomic E-state index is -4.58. The van der Waals surface area contributed by atoms with Crippen molar-refractivity contribution >= 4 is 28.8 Å². The number of carbonyl (C=O) groups excluding carboxylic acids is 1. The Labute approximate surface area is 207 Å². The zero-order valence-electron chi connectivity index (χ0n) is 19.5. The van der Waals surface area contributed by atoms with Crippen LogP contribution in [-0.2, 0) is 16.5 Å². The number of nitrogens with zero attached hydrogens (tertiary/aromatic N) is 5. The minimum Gasteiger partial charge on any atom is -0.439 e. The van der Waals surface area contributed by atoms with Gasteiger partial charge in [0.15, 0.2) is 0 Å². The van der Waals surface area contributed by atoms with Crippen molar-refractivity contribution in [2.75, 3.05) is 23.3 Å². The average molecular weight is 511 g/mol. The first-order valence-electron chi connectivity index (χ1n) is 11.5. The highest BCUT2D eigenvalue weighted by Gasteiger charge is 2.45. The smallest absolute Gasteiger partial charge is 0.439 e. The van der Waals surface area contributed by atoms with Gasteiger partial charge in [0.1, 0.15) is 29.3 Å². The van der Waals surface area contributed by atoms with E-state index in [1.165, 1.54) is 12.4 Å². The van der Waals surface area contributed by atoms with Crippen molar-refractivity contribution in [2.45, 2.75) is 31.5 Å². The molecule has 0 aliphatic carbocycles. The van der Waals surface area contributed by atoms with E-state index in [1.54, 1.807) is 25.3 Å². The number of alkyl halides is 3. The molecule has 2 aliphatic heterocycles. The summed E-state index contributed by atoms with van der Waals surface area (Å²) in [6, 6.07) is 8.44. The number of aromatic amines is 1. The van der Waals surface area contributed by atoms with E-state index in [-0.39, 0.29) is 16.9 Å². The molecule has 3 aromatic heterocycles. The van der Waals surface area contributed by atoms with Crippen LogP contribution in [0, 0.1) is 6.92 Å². The number of fused-ring (bicyclic) bond motifs is 3. The molecule has 1 aromatic carbocycles. The minimum absolute atomic E-state index is 0.212. The first-order valence-corrected chi connectivity index (χ1v) is 11.5. The topological polar surface area (TPSA) is 118 Å². The van der Waals surface area contributed by atoms with Crippen LogP contribution in [0.3, 0.4) is 0 Å². The summed E-state index contributed by atoms with van der Waals surface area (Å²) in [7, 11) is 0. The summed E-state index contributed by atoms with van der Waals surface area (Å²) in [5.41, 5.74) is 1.05. The van der Waals surface area contributed by atoms with Crippen molar-refractivity contribution in [2.24, 2.45) is 0 Å². The third-order valence-electron chi connectivity index (χ3n) is 6.57. The van der Waals surface area contributed by atoms with Crippen LogP contribution in [0.4, 0.5) is 29.6 Å². The van der Waals surface area contributed by atoms with E-state index < -0.39 is 23.7 Å². The van der Waals surface area contributed by atoms with Gasteiger partial charge in [0.25, 0.3) is 0 Å². The zero-order chi connectivity index (χ0) is 25.8. The van der Waals surface area contributed by atoms with Crippen molar-refractivity contribution in [3.63, 3.8) is 0 Å². The number of piperidine rings is 1. The Morgan fingerprint density at radius 3 is 2.73 bits per heavy atom. The van der Waals surface area contributed by atoms with Crippen LogP contribution in [0.15, 0.2) is 42.9 Å². The Morgan fingerprint density at radius 1 is 1.14 bits per heavy atom. The van der Waals surface area contributed by atoms with Gasteiger partial charge >= 0.3 is 12.3 Å². The summed E-state index contributed by atoms with van der Waals surface area (Å²) in [6.07, 6.45) is -1.04. The Morgan fingerprint density at radius 2 is 1.95 bits per heavy atom. The number of aryl methyl sites for hydroxylation is 1. The van der Waals surface area contributed by atoms with E-state index >= 15 is 0 Å². The number of imidazole rings is 1. The van der Waals surface area contributed by atoms with Crippen LogP contribution in [0.25, 0.3) is 11.0 Å². The summed E-state index contributed by atoms with van der Waals surface area (Å²) >= 11 is 0. The van der Waals surface area contributed by atoms with E-state index in [0.29, 0.717) is 48.9 Å². The van der Waals surface area contributed by atoms with Gasteiger partial charge in [-0.1, -0.05) is 0 Å². The Kier molecular flexibility index (Phi) is 5.17. The fourth-order valence-electron chi connectivity index (χ4n) is 4.83. The number of ether oxygens (including phenoxy) is 2. The number of halogens is 3. The second kappa shape index (κ2) is 8.32. The van der Waals surface area contributed by atoms with Crippen LogP contribution in [0.2, 0.25) is 0 Å². The Bertz CT molecular complexity index is 1510. The van der Waals surface area contributed by atoms with Crippen LogP contribution in [0.5, 0.6) is 11.6 Å². The van der Waals surface area contributed by atoms with Crippen LogP contribution in [-0.4, -0.2) is 44.1 Å². The monoisotopic (exact) mass is 511 g/mol. The van der Waals surface area contributed by atoms with Crippen molar-refractivity contribution in [1.82, 2.24) is 24.9 Å². The highest BCUT2D eigenvalue weighted by atomic mass is 19.4. The largest absolute Gasteiger partial charge is 0.449 e. The lowest BCUT2D eigenvalue weighted by molar-refractivity contribution is -0.144. The van der Waals surface area contributed by atoms with Gasteiger partial charge in [0.2, 0.25) is 11.7 Å². The molecule has 6 rings (SSSR count).